The van der Waals surface area contributed by atoms with Gasteiger partial charge in [-0.15, -0.1) is 0 Å². The molecule has 0 saturated carbocycles. The van der Waals surface area contributed by atoms with Crippen LogP contribution >= 0.6 is 0 Å². The van der Waals surface area contributed by atoms with Gasteiger partial charge in [0.2, 0.25) is 0 Å². The van der Waals surface area contributed by atoms with Gasteiger partial charge in [-0.25, -0.2) is 0 Å². The molecular formula is C18H20N2O. The number of aliphatic hydroxyl groups excluding tert-OH is 1. The third-order valence-corrected chi connectivity index (χ3v) is 3.87. The van der Waals surface area contributed by atoms with Crippen molar-refractivity contribution < 1.29 is 5.11 Å². The molecule has 3 nitrogen and oxygen atoms in total. The molecule has 0 amide bonds. The largest absolute Gasteiger partial charge is 0.399 e. The fourth-order valence-corrected chi connectivity index (χ4v) is 2.67. The second-order valence-corrected chi connectivity index (χ2v) is 5.43. The maximum atomic E-state index is 10.0. The molecule has 0 spiro atoms. The van der Waals surface area contributed by atoms with Crippen LogP contribution in [0.25, 0.3) is 10.9 Å². The molecule has 3 heteroatoms. The van der Waals surface area contributed by atoms with Crippen LogP contribution in [0, 0.1) is 0 Å². The van der Waals surface area contributed by atoms with Crippen molar-refractivity contribution in [2.24, 2.45) is 0 Å². The summed E-state index contributed by atoms with van der Waals surface area (Å²) in [6.07, 6.45) is 2.40. The van der Waals surface area contributed by atoms with Crippen LogP contribution in [0.1, 0.15) is 30.6 Å². The molecule has 0 aliphatic carbocycles. The molecule has 108 valence electrons. The van der Waals surface area contributed by atoms with Crippen LogP contribution in [0.4, 0.5) is 5.69 Å². The van der Waals surface area contributed by atoms with Crippen molar-refractivity contribution in [3.63, 3.8) is 0 Å². The third-order valence-electron chi connectivity index (χ3n) is 3.87. The minimum absolute atomic E-state index is 0.398. The van der Waals surface area contributed by atoms with E-state index in [-0.39, 0.29) is 0 Å². The molecule has 0 radical (unpaired) electrons. The molecule has 3 aromatic rings. The van der Waals surface area contributed by atoms with Gasteiger partial charge in [-0.2, -0.15) is 0 Å². The second kappa shape index (κ2) is 5.62. The number of anilines is 1. The Morgan fingerprint density at radius 1 is 1.14 bits per heavy atom. The van der Waals surface area contributed by atoms with Gasteiger partial charge in [0, 0.05) is 23.9 Å². The standard InChI is InChI=1S/C18H20N2O/c1-2-18(21)15-7-6-14-8-9-20(17(14)11-15)12-13-4-3-5-16(19)10-13/h3-11,18,21H,2,12,19H2,1H3. The number of benzene rings is 2. The maximum absolute atomic E-state index is 10.0. The predicted octanol–water partition coefficient (Wildman–Crippen LogP) is 3.72. The van der Waals surface area contributed by atoms with E-state index in [1.807, 2.05) is 31.2 Å². The zero-order valence-electron chi connectivity index (χ0n) is 12.2. The summed E-state index contributed by atoms with van der Waals surface area (Å²) in [5, 5.41) is 11.2. The Morgan fingerprint density at radius 3 is 2.76 bits per heavy atom. The third kappa shape index (κ3) is 2.78. The number of aliphatic hydroxyl groups is 1. The number of hydrogen-bond acceptors (Lipinski definition) is 2. The van der Waals surface area contributed by atoms with Gasteiger partial charge in [-0.3, -0.25) is 0 Å². The van der Waals surface area contributed by atoms with E-state index in [1.54, 1.807) is 0 Å². The number of nitrogen functional groups attached to an aromatic ring is 1. The fourth-order valence-electron chi connectivity index (χ4n) is 2.67. The van der Waals surface area contributed by atoms with Crippen LogP contribution < -0.4 is 5.73 Å². The van der Waals surface area contributed by atoms with Gasteiger partial charge < -0.3 is 15.4 Å². The molecule has 1 aromatic heterocycles. The first-order valence-corrected chi connectivity index (χ1v) is 7.28. The normalized spacial score (nSPS) is 12.7. The Bertz CT molecular complexity index is 761. The van der Waals surface area contributed by atoms with E-state index < -0.39 is 6.10 Å². The molecule has 1 heterocycles. The lowest BCUT2D eigenvalue weighted by Crippen LogP contribution is -2.00. The van der Waals surface area contributed by atoms with Crippen molar-refractivity contribution in [3.8, 4) is 0 Å². The average molecular weight is 280 g/mol. The monoisotopic (exact) mass is 280 g/mol. The summed E-state index contributed by atoms with van der Waals surface area (Å²) < 4.78 is 2.19. The molecule has 0 saturated heterocycles. The SMILES string of the molecule is CCC(O)c1ccc2ccn(Cc3cccc(N)c3)c2c1. The van der Waals surface area contributed by atoms with Gasteiger partial charge in [-0.05, 0) is 47.2 Å². The Kier molecular flexibility index (Phi) is 3.67. The van der Waals surface area contributed by atoms with Crippen LogP contribution in [-0.4, -0.2) is 9.67 Å². The van der Waals surface area contributed by atoms with E-state index in [2.05, 4.69) is 35.0 Å². The Morgan fingerprint density at radius 2 is 2.00 bits per heavy atom. The highest BCUT2D eigenvalue weighted by Gasteiger charge is 2.08. The predicted molar refractivity (Wildman–Crippen MR) is 87.1 cm³/mol. The molecule has 0 aliphatic rings. The van der Waals surface area contributed by atoms with E-state index in [4.69, 9.17) is 5.73 Å². The summed E-state index contributed by atoms with van der Waals surface area (Å²) >= 11 is 0. The van der Waals surface area contributed by atoms with Crippen molar-refractivity contribution in [2.45, 2.75) is 26.0 Å². The van der Waals surface area contributed by atoms with Crippen LogP contribution in [-0.2, 0) is 6.54 Å². The van der Waals surface area contributed by atoms with Crippen LogP contribution in [0.3, 0.4) is 0 Å². The number of nitrogens with two attached hydrogens (primary N) is 1. The lowest BCUT2D eigenvalue weighted by Gasteiger charge is -2.11. The average Bonchev–Trinajstić information content (AvgIpc) is 2.89. The van der Waals surface area contributed by atoms with Gasteiger partial charge in [0.15, 0.2) is 0 Å². The molecule has 1 unspecified atom stereocenters. The molecule has 3 rings (SSSR count). The second-order valence-electron chi connectivity index (χ2n) is 5.43. The fraction of sp³-hybridized carbons (Fsp3) is 0.222. The summed E-state index contributed by atoms with van der Waals surface area (Å²) in [7, 11) is 0. The highest BCUT2D eigenvalue weighted by molar-refractivity contribution is 5.81. The Hall–Kier alpha value is -2.26. The van der Waals surface area contributed by atoms with Gasteiger partial charge in [0.1, 0.15) is 0 Å². The summed E-state index contributed by atoms with van der Waals surface area (Å²) in [6, 6.07) is 16.2. The Balaban J connectivity index is 1.98. The molecule has 0 bridgehead atoms. The van der Waals surface area contributed by atoms with Crippen molar-refractivity contribution in [2.75, 3.05) is 5.73 Å². The summed E-state index contributed by atoms with van der Waals surface area (Å²) in [5.74, 6) is 0. The zero-order chi connectivity index (χ0) is 14.8. The van der Waals surface area contributed by atoms with E-state index >= 15 is 0 Å². The minimum atomic E-state index is -0.398. The van der Waals surface area contributed by atoms with Gasteiger partial charge >= 0.3 is 0 Å². The van der Waals surface area contributed by atoms with E-state index in [1.165, 1.54) is 10.9 Å². The van der Waals surface area contributed by atoms with Gasteiger partial charge in [0.05, 0.1) is 6.10 Å². The quantitative estimate of drug-likeness (QED) is 0.716. The highest BCUT2D eigenvalue weighted by atomic mass is 16.3. The highest BCUT2D eigenvalue weighted by Crippen LogP contribution is 2.24. The Labute approximate surface area is 124 Å². The number of hydrogen-bond donors (Lipinski definition) is 2. The molecule has 0 fully saturated rings. The zero-order valence-corrected chi connectivity index (χ0v) is 12.2. The molecule has 21 heavy (non-hydrogen) atoms. The van der Waals surface area contributed by atoms with E-state index in [9.17, 15) is 5.11 Å². The van der Waals surface area contributed by atoms with E-state index in [0.717, 1.165) is 29.7 Å². The van der Waals surface area contributed by atoms with Crippen LogP contribution in [0.2, 0.25) is 0 Å². The van der Waals surface area contributed by atoms with Crippen LogP contribution in [0.5, 0.6) is 0 Å². The number of aromatic nitrogens is 1. The van der Waals surface area contributed by atoms with Crippen molar-refractivity contribution in [3.05, 3.63) is 65.9 Å². The summed E-state index contributed by atoms with van der Waals surface area (Å²) in [5.41, 5.74) is 9.91. The smallest absolute Gasteiger partial charge is 0.0788 e. The molecule has 1 atom stereocenters. The molecule has 2 aromatic carbocycles. The lowest BCUT2D eigenvalue weighted by molar-refractivity contribution is 0.174. The first kappa shape index (κ1) is 13.7. The first-order chi connectivity index (χ1) is 10.2. The number of fused-ring (bicyclic) bond motifs is 1. The minimum Gasteiger partial charge on any atom is -0.399 e. The maximum Gasteiger partial charge on any atom is 0.0788 e. The molecule has 3 N–H and O–H groups in total. The van der Waals surface area contributed by atoms with Crippen LogP contribution in [0.15, 0.2) is 54.7 Å². The van der Waals surface area contributed by atoms with Crippen molar-refractivity contribution in [1.82, 2.24) is 4.57 Å². The molecule has 0 aliphatic heterocycles. The number of nitrogens with zero attached hydrogens (tertiary/aromatic N) is 1. The van der Waals surface area contributed by atoms with E-state index in [0.29, 0.717) is 0 Å². The topological polar surface area (TPSA) is 51.2 Å². The molecular weight excluding hydrogens is 260 g/mol. The lowest BCUT2D eigenvalue weighted by atomic mass is 10.1. The van der Waals surface area contributed by atoms with Gasteiger partial charge in [-0.1, -0.05) is 31.2 Å². The summed E-state index contributed by atoms with van der Waals surface area (Å²) in [4.78, 5) is 0. The number of rotatable bonds is 4. The van der Waals surface area contributed by atoms with Crippen molar-refractivity contribution in [1.29, 1.82) is 0 Å². The summed E-state index contributed by atoms with van der Waals surface area (Å²) in [6.45, 7) is 2.76. The van der Waals surface area contributed by atoms with Crippen molar-refractivity contribution >= 4 is 16.6 Å². The van der Waals surface area contributed by atoms with Gasteiger partial charge in [0.25, 0.3) is 0 Å². The first-order valence-electron chi connectivity index (χ1n) is 7.28.